The zero-order chi connectivity index (χ0) is 11.7. The molecule has 1 aromatic heterocycles. The third-order valence-electron chi connectivity index (χ3n) is 2.71. The summed E-state index contributed by atoms with van der Waals surface area (Å²) in [5.41, 5.74) is 2.12. The molecule has 2 aromatic rings. The summed E-state index contributed by atoms with van der Waals surface area (Å²) in [7, 11) is 0. The van der Waals surface area contributed by atoms with Crippen LogP contribution in [0.3, 0.4) is 0 Å². The molecule has 1 aromatic carbocycles. The van der Waals surface area contributed by atoms with E-state index in [1.165, 1.54) is 0 Å². The van der Waals surface area contributed by atoms with E-state index in [9.17, 15) is 0 Å². The number of halogens is 1. The molecule has 1 N–H and O–H groups in total. The Morgan fingerprint density at radius 3 is 2.94 bits per heavy atom. The summed E-state index contributed by atoms with van der Waals surface area (Å²) in [6.07, 6.45) is 0. The molecule has 0 radical (unpaired) electrons. The highest BCUT2D eigenvalue weighted by molar-refractivity contribution is 9.10. The molecular formula is C12H15BrN2O. The van der Waals surface area contributed by atoms with Gasteiger partial charge in [-0.05, 0) is 31.0 Å². The van der Waals surface area contributed by atoms with Crippen molar-refractivity contribution in [2.75, 3.05) is 6.61 Å². The van der Waals surface area contributed by atoms with Gasteiger partial charge in [0.15, 0.2) is 0 Å². The Morgan fingerprint density at radius 2 is 2.25 bits per heavy atom. The summed E-state index contributed by atoms with van der Waals surface area (Å²) in [4.78, 5) is 4.50. The lowest BCUT2D eigenvalue weighted by Gasteiger charge is -2.11. The second kappa shape index (κ2) is 4.55. The monoisotopic (exact) mass is 282 g/mol. The van der Waals surface area contributed by atoms with Gasteiger partial charge in [-0.15, -0.1) is 0 Å². The van der Waals surface area contributed by atoms with Gasteiger partial charge < -0.3 is 9.67 Å². The van der Waals surface area contributed by atoms with Crippen LogP contribution >= 0.6 is 15.9 Å². The van der Waals surface area contributed by atoms with Crippen molar-refractivity contribution in [2.24, 2.45) is 5.92 Å². The SMILES string of the molecule is Cc1nc2ccc(Br)cc2n1C[C@H](C)CO. The molecular weight excluding hydrogens is 268 g/mol. The molecule has 0 unspecified atom stereocenters. The first-order chi connectivity index (χ1) is 7.61. The third kappa shape index (κ3) is 2.13. The van der Waals surface area contributed by atoms with Crippen molar-refractivity contribution in [1.82, 2.24) is 9.55 Å². The van der Waals surface area contributed by atoms with Gasteiger partial charge in [0.25, 0.3) is 0 Å². The molecule has 0 fully saturated rings. The van der Waals surface area contributed by atoms with E-state index in [1.54, 1.807) is 0 Å². The van der Waals surface area contributed by atoms with Gasteiger partial charge in [-0.2, -0.15) is 0 Å². The lowest BCUT2D eigenvalue weighted by Crippen LogP contribution is -2.12. The van der Waals surface area contributed by atoms with E-state index in [0.717, 1.165) is 27.9 Å². The van der Waals surface area contributed by atoms with Gasteiger partial charge >= 0.3 is 0 Å². The lowest BCUT2D eigenvalue weighted by molar-refractivity contribution is 0.223. The minimum atomic E-state index is 0.202. The zero-order valence-electron chi connectivity index (χ0n) is 9.44. The molecule has 0 saturated heterocycles. The molecule has 4 heteroatoms. The maximum atomic E-state index is 9.11. The molecule has 0 aliphatic rings. The van der Waals surface area contributed by atoms with Crippen molar-refractivity contribution in [2.45, 2.75) is 20.4 Å². The van der Waals surface area contributed by atoms with Gasteiger partial charge in [0, 0.05) is 17.6 Å². The van der Waals surface area contributed by atoms with Gasteiger partial charge in [0.1, 0.15) is 5.82 Å². The van der Waals surface area contributed by atoms with E-state index in [0.29, 0.717) is 0 Å². The van der Waals surface area contributed by atoms with Crippen LogP contribution in [0.1, 0.15) is 12.7 Å². The zero-order valence-corrected chi connectivity index (χ0v) is 11.0. The maximum Gasteiger partial charge on any atom is 0.106 e. The Balaban J connectivity index is 2.50. The Morgan fingerprint density at radius 1 is 1.50 bits per heavy atom. The largest absolute Gasteiger partial charge is 0.396 e. The second-order valence-corrected chi connectivity index (χ2v) is 5.11. The molecule has 0 spiro atoms. The smallest absolute Gasteiger partial charge is 0.106 e. The van der Waals surface area contributed by atoms with Gasteiger partial charge in [-0.3, -0.25) is 0 Å². The van der Waals surface area contributed by atoms with Crippen LogP contribution in [0, 0.1) is 12.8 Å². The number of fused-ring (bicyclic) bond motifs is 1. The van der Waals surface area contributed by atoms with Crippen molar-refractivity contribution in [3.05, 3.63) is 28.5 Å². The van der Waals surface area contributed by atoms with Crippen molar-refractivity contribution in [3.8, 4) is 0 Å². The summed E-state index contributed by atoms with van der Waals surface area (Å²) in [6.45, 7) is 5.03. The van der Waals surface area contributed by atoms with Crippen molar-refractivity contribution in [3.63, 3.8) is 0 Å². The molecule has 16 heavy (non-hydrogen) atoms. The van der Waals surface area contributed by atoms with Crippen molar-refractivity contribution >= 4 is 27.0 Å². The summed E-state index contributed by atoms with van der Waals surface area (Å²) in [6, 6.07) is 6.07. The summed E-state index contributed by atoms with van der Waals surface area (Å²) >= 11 is 3.47. The molecule has 86 valence electrons. The molecule has 0 amide bonds. The van der Waals surface area contributed by atoms with Crippen LogP contribution in [0.5, 0.6) is 0 Å². The molecule has 0 aliphatic carbocycles. The molecule has 0 saturated carbocycles. The topological polar surface area (TPSA) is 38.0 Å². The summed E-state index contributed by atoms with van der Waals surface area (Å²) in [5.74, 6) is 1.24. The predicted molar refractivity (Wildman–Crippen MR) is 68.4 cm³/mol. The average molecular weight is 283 g/mol. The van der Waals surface area contributed by atoms with E-state index in [1.807, 2.05) is 26.0 Å². The normalized spacial score (nSPS) is 13.2. The van der Waals surface area contributed by atoms with Crippen LogP contribution in [-0.4, -0.2) is 21.3 Å². The number of hydrogen-bond donors (Lipinski definition) is 1. The number of aryl methyl sites for hydroxylation is 1. The Labute approximate surface area is 103 Å². The van der Waals surface area contributed by atoms with Crippen LogP contribution in [-0.2, 0) is 6.54 Å². The van der Waals surface area contributed by atoms with Gasteiger partial charge in [-0.25, -0.2) is 4.98 Å². The Kier molecular flexibility index (Phi) is 3.30. The Hall–Kier alpha value is -0.870. The molecule has 1 heterocycles. The van der Waals surface area contributed by atoms with Crippen LogP contribution in [0.25, 0.3) is 11.0 Å². The summed E-state index contributed by atoms with van der Waals surface area (Å²) in [5, 5.41) is 9.11. The molecule has 0 bridgehead atoms. The Bertz CT molecular complexity index is 507. The van der Waals surface area contributed by atoms with Crippen LogP contribution in [0.15, 0.2) is 22.7 Å². The number of aliphatic hydroxyl groups is 1. The van der Waals surface area contributed by atoms with Crippen LogP contribution in [0.4, 0.5) is 0 Å². The quantitative estimate of drug-likeness (QED) is 0.940. The standard InChI is InChI=1S/C12H15BrN2O/c1-8(7-16)6-15-9(2)14-11-4-3-10(13)5-12(11)15/h3-5,8,16H,6-7H2,1-2H3/t8-/m0/s1. The first-order valence-corrected chi connectivity index (χ1v) is 6.14. The lowest BCUT2D eigenvalue weighted by atomic mass is 10.2. The van der Waals surface area contributed by atoms with E-state index in [4.69, 9.17) is 5.11 Å². The minimum Gasteiger partial charge on any atom is -0.396 e. The second-order valence-electron chi connectivity index (χ2n) is 4.19. The number of benzene rings is 1. The maximum absolute atomic E-state index is 9.11. The number of aliphatic hydroxyl groups excluding tert-OH is 1. The van der Waals surface area contributed by atoms with Crippen LogP contribution < -0.4 is 0 Å². The highest BCUT2D eigenvalue weighted by Crippen LogP contribution is 2.21. The van der Waals surface area contributed by atoms with E-state index in [-0.39, 0.29) is 12.5 Å². The highest BCUT2D eigenvalue weighted by atomic mass is 79.9. The molecule has 2 rings (SSSR count). The third-order valence-corrected chi connectivity index (χ3v) is 3.20. The fraction of sp³-hybridized carbons (Fsp3) is 0.417. The van der Waals surface area contributed by atoms with E-state index < -0.39 is 0 Å². The number of hydrogen-bond acceptors (Lipinski definition) is 2. The first kappa shape index (κ1) is 11.6. The molecule has 0 aliphatic heterocycles. The number of nitrogens with zero attached hydrogens (tertiary/aromatic N) is 2. The fourth-order valence-corrected chi connectivity index (χ4v) is 2.17. The van der Waals surface area contributed by atoms with Gasteiger partial charge in [-0.1, -0.05) is 22.9 Å². The number of aromatic nitrogens is 2. The summed E-state index contributed by atoms with van der Waals surface area (Å²) < 4.78 is 3.21. The molecule has 1 atom stereocenters. The van der Waals surface area contributed by atoms with Gasteiger partial charge in [0.2, 0.25) is 0 Å². The average Bonchev–Trinajstić information content (AvgIpc) is 2.55. The van der Waals surface area contributed by atoms with Gasteiger partial charge in [0.05, 0.1) is 11.0 Å². The first-order valence-electron chi connectivity index (χ1n) is 5.35. The minimum absolute atomic E-state index is 0.202. The van der Waals surface area contributed by atoms with Crippen molar-refractivity contribution < 1.29 is 5.11 Å². The van der Waals surface area contributed by atoms with Crippen molar-refractivity contribution in [1.29, 1.82) is 0 Å². The van der Waals surface area contributed by atoms with Crippen LogP contribution in [0.2, 0.25) is 0 Å². The number of imidazole rings is 1. The fourth-order valence-electron chi connectivity index (χ4n) is 1.82. The van der Waals surface area contributed by atoms with E-state index >= 15 is 0 Å². The van der Waals surface area contributed by atoms with E-state index in [2.05, 4.69) is 31.5 Å². The predicted octanol–water partition coefficient (Wildman–Crippen LogP) is 2.74. The number of rotatable bonds is 3. The molecule has 3 nitrogen and oxygen atoms in total. The highest BCUT2D eigenvalue weighted by Gasteiger charge is 2.10.